The fraction of sp³-hybridized carbons (Fsp3) is 0.556. The molecule has 25 heavy (non-hydrogen) atoms. The Bertz CT molecular complexity index is 534. The van der Waals surface area contributed by atoms with Crippen LogP contribution in [0.4, 0.5) is 5.69 Å². The number of hydrogen-bond donors (Lipinski definition) is 4. The summed E-state index contributed by atoms with van der Waals surface area (Å²) in [6.07, 6.45) is 3.52. The third kappa shape index (κ3) is 10.1. The highest BCUT2D eigenvalue weighted by molar-refractivity contribution is 7.80. The van der Waals surface area contributed by atoms with Gasteiger partial charge in [-0.05, 0) is 74.9 Å². The van der Waals surface area contributed by atoms with Gasteiger partial charge in [-0.25, -0.2) is 0 Å². The molecule has 0 radical (unpaired) electrons. The van der Waals surface area contributed by atoms with Gasteiger partial charge >= 0.3 is 0 Å². The van der Waals surface area contributed by atoms with Crippen molar-refractivity contribution in [3.63, 3.8) is 0 Å². The molecule has 0 saturated carbocycles. The first-order valence-corrected chi connectivity index (χ1v) is 9.58. The van der Waals surface area contributed by atoms with E-state index >= 15 is 0 Å². The number of anilines is 1. The van der Waals surface area contributed by atoms with Crippen LogP contribution >= 0.6 is 24.4 Å². The summed E-state index contributed by atoms with van der Waals surface area (Å²) in [5.41, 5.74) is 6.67. The molecule has 0 aliphatic rings. The molecule has 1 rings (SSSR count). The highest BCUT2D eigenvalue weighted by Gasteiger charge is 2.05. The minimum absolute atomic E-state index is 0.327. The van der Waals surface area contributed by atoms with Gasteiger partial charge in [0.05, 0.1) is 6.61 Å². The van der Waals surface area contributed by atoms with Crippen LogP contribution in [-0.2, 0) is 0 Å². The lowest BCUT2D eigenvalue weighted by Crippen LogP contribution is -2.50. The maximum absolute atomic E-state index is 5.41. The first kappa shape index (κ1) is 21.4. The van der Waals surface area contributed by atoms with E-state index in [0.717, 1.165) is 23.8 Å². The van der Waals surface area contributed by atoms with Crippen molar-refractivity contribution >= 4 is 40.3 Å². The molecule has 1 aromatic carbocycles. The summed E-state index contributed by atoms with van der Waals surface area (Å²) in [7, 11) is 0. The summed E-state index contributed by atoms with van der Waals surface area (Å²) in [5.74, 6) is 1.58. The normalized spacial score (nSPS) is 11.6. The largest absolute Gasteiger partial charge is 0.494 e. The zero-order chi connectivity index (χ0) is 18.7. The zero-order valence-corrected chi connectivity index (χ0v) is 17.2. The smallest absolute Gasteiger partial charge is 0.189 e. The first-order valence-electron chi connectivity index (χ1n) is 8.77. The molecule has 0 aromatic heterocycles. The summed E-state index contributed by atoms with van der Waals surface area (Å²) < 4.78 is 5.41. The third-order valence-electron chi connectivity index (χ3n) is 3.51. The highest BCUT2D eigenvalue weighted by atomic mass is 32.1. The molecule has 4 N–H and O–H groups in total. The Labute approximate surface area is 162 Å². The third-order valence-corrected chi connectivity index (χ3v) is 3.93. The molecule has 0 fully saturated rings. The maximum Gasteiger partial charge on any atom is 0.189 e. The molecule has 0 aliphatic heterocycles. The zero-order valence-electron chi connectivity index (χ0n) is 15.5. The predicted octanol–water partition coefficient (Wildman–Crippen LogP) is 3.97. The Morgan fingerprint density at radius 2 is 1.64 bits per heavy atom. The molecular weight excluding hydrogens is 352 g/mol. The van der Waals surface area contributed by atoms with Gasteiger partial charge < -0.3 is 15.4 Å². The average molecular weight is 383 g/mol. The fourth-order valence-electron chi connectivity index (χ4n) is 2.24. The predicted molar refractivity (Wildman–Crippen MR) is 114 cm³/mol. The van der Waals surface area contributed by atoms with E-state index in [-0.39, 0.29) is 0 Å². The Balaban J connectivity index is 2.25. The van der Waals surface area contributed by atoms with E-state index < -0.39 is 0 Å². The molecule has 1 aromatic rings. The van der Waals surface area contributed by atoms with E-state index in [1.807, 2.05) is 31.2 Å². The number of thiocarbonyl (C=S) groups is 2. The van der Waals surface area contributed by atoms with Crippen LogP contribution < -0.4 is 26.2 Å². The van der Waals surface area contributed by atoms with E-state index in [2.05, 4.69) is 42.3 Å². The van der Waals surface area contributed by atoms with E-state index in [1.54, 1.807) is 0 Å². The van der Waals surface area contributed by atoms with Crippen molar-refractivity contribution < 1.29 is 4.74 Å². The molecule has 0 bridgehead atoms. The van der Waals surface area contributed by atoms with Crippen molar-refractivity contribution in [2.24, 2.45) is 5.92 Å². The molecule has 0 heterocycles. The van der Waals surface area contributed by atoms with E-state index in [1.165, 1.54) is 12.8 Å². The lowest BCUT2D eigenvalue weighted by molar-refractivity contribution is 0.340. The summed E-state index contributed by atoms with van der Waals surface area (Å²) >= 11 is 10.5. The molecule has 140 valence electrons. The van der Waals surface area contributed by atoms with Crippen LogP contribution in [0.1, 0.15) is 47.0 Å². The second kappa shape index (κ2) is 11.9. The number of hydrogen-bond acceptors (Lipinski definition) is 3. The number of nitrogens with one attached hydrogen (secondary N) is 4. The SMILES string of the molecule is CCOc1ccc(NC(=S)NNC(=S)N[C@H](C)CCCC(C)C)cc1. The van der Waals surface area contributed by atoms with E-state index in [9.17, 15) is 0 Å². The average Bonchev–Trinajstić information content (AvgIpc) is 2.54. The van der Waals surface area contributed by atoms with Crippen LogP contribution in [-0.4, -0.2) is 22.9 Å². The highest BCUT2D eigenvalue weighted by Crippen LogP contribution is 2.15. The Morgan fingerprint density at radius 1 is 1.00 bits per heavy atom. The van der Waals surface area contributed by atoms with Crippen molar-refractivity contribution in [3.8, 4) is 5.75 Å². The summed E-state index contributed by atoms with van der Waals surface area (Å²) in [6.45, 7) is 9.22. The Morgan fingerprint density at radius 3 is 2.24 bits per heavy atom. The van der Waals surface area contributed by atoms with Crippen molar-refractivity contribution in [3.05, 3.63) is 24.3 Å². The maximum atomic E-state index is 5.41. The number of rotatable bonds is 8. The second-order valence-corrected chi connectivity index (χ2v) is 7.18. The van der Waals surface area contributed by atoms with Gasteiger partial charge in [0.25, 0.3) is 0 Å². The van der Waals surface area contributed by atoms with Gasteiger partial charge in [-0.1, -0.05) is 26.7 Å². The van der Waals surface area contributed by atoms with Gasteiger partial charge in [0.2, 0.25) is 0 Å². The Hall–Kier alpha value is -1.60. The molecule has 7 heteroatoms. The minimum atomic E-state index is 0.327. The van der Waals surface area contributed by atoms with Crippen molar-refractivity contribution in [1.82, 2.24) is 16.2 Å². The van der Waals surface area contributed by atoms with Crippen LogP contribution in [0.25, 0.3) is 0 Å². The van der Waals surface area contributed by atoms with Gasteiger partial charge in [-0.15, -0.1) is 0 Å². The molecule has 1 atom stereocenters. The van der Waals surface area contributed by atoms with Gasteiger partial charge in [0, 0.05) is 11.7 Å². The summed E-state index contributed by atoms with van der Waals surface area (Å²) in [4.78, 5) is 0. The fourth-order valence-corrected chi connectivity index (χ4v) is 2.66. The van der Waals surface area contributed by atoms with Gasteiger partial charge in [-0.3, -0.25) is 10.9 Å². The quantitative estimate of drug-likeness (QED) is 0.401. The first-order chi connectivity index (χ1) is 11.9. The lowest BCUT2D eigenvalue weighted by atomic mass is 10.0. The van der Waals surface area contributed by atoms with E-state index in [4.69, 9.17) is 29.2 Å². The summed E-state index contributed by atoms with van der Waals surface area (Å²) in [6, 6.07) is 7.94. The topological polar surface area (TPSA) is 57.4 Å². The molecule has 0 saturated heterocycles. The van der Waals surface area contributed by atoms with Crippen molar-refractivity contribution in [1.29, 1.82) is 0 Å². The van der Waals surface area contributed by atoms with Crippen molar-refractivity contribution in [2.75, 3.05) is 11.9 Å². The van der Waals surface area contributed by atoms with Gasteiger partial charge in [0.1, 0.15) is 5.75 Å². The number of ether oxygens (including phenoxy) is 1. The number of benzene rings is 1. The molecule has 0 aliphatic carbocycles. The molecule has 0 unspecified atom stereocenters. The monoisotopic (exact) mass is 382 g/mol. The molecule has 5 nitrogen and oxygen atoms in total. The van der Waals surface area contributed by atoms with Crippen LogP contribution in [0.15, 0.2) is 24.3 Å². The minimum Gasteiger partial charge on any atom is -0.494 e. The summed E-state index contributed by atoms with van der Waals surface area (Å²) in [5, 5.41) is 7.31. The molecule has 0 spiro atoms. The Kier molecular flexibility index (Phi) is 10.2. The second-order valence-electron chi connectivity index (χ2n) is 6.36. The van der Waals surface area contributed by atoms with Crippen molar-refractivity contribution in [2.45, 2.75) is 53.0 Å². The van der Waals surface area contributed by atoms with Crippen LogP contribution in [0.3, 0.4) is 0 Å². The molecule has 0 amide bonds. The van der Waals surface area contributed by atoms with Gasteiger partial charge in [-0.2, -0.15) is 0 Å². The van der Waals surface area contributed by atoms with E-state index in [0.29, 0.717) is 22.9 Å². The van der Waals surface area contributed by atoms with Gasteiger partial charge in [0.15, 0.2) is 10.2 Å². The van der Waals surface area contributed by atoms with Crippen LogP contribution in [0.5, 0.6) is 5.75 Å². The van der Waals surface area contributed by atoms with Crippen LogP contribution in [0.2, 0.25) is 0 Å². The standard InChI is InChI=1S/C18H30N4OS2/c1-5-23-16-11-9-15(10-12-16)20-18(25)22-21-17(24)19-14(4)8-6-7-13(2)3/h9-14H,5-8H2,1-4H3,(H2,19,21,24)(H2,20,22,25)/t14-/m1/s1. The number of hydrazine groups is 1. The lowest BCUT2D eigenvalue weighted by Gasteiger charge is -2.18. The van der Waals surface area contributed by atoms with Crippen LogP contribution in [0, 0.1) is 5.92 Å². The molecular formula is C18H30N4OS2.